The molecule has 6 heteroatoms. The monoisotopic (exact) mass is 339 g/mol. The first-order valence-electron chi connectivity index (χ1n) is 7.80. The second-order valence-electron chi connectivity index (χ2n) is 6.31. The van der Waals surface area contributed by atoms with Crippen LogP contribution in [-0.2, 0) is 4.79 Å². The topological polar surface area (TPSA) is 35.6 Å². The number of piperidine rings is 1. The summed E-state index contributed by atoms with van der Waals surface area (Å²) in [6, 6.07) is 0.415. The number of halogens is 2. The highest BCUT2D eigenvalue weighted by atomic mass is 35.5. The second-order valence-corrected chi connectivity index (χ2v) is 6.31. The molecule has 1 aliphatic heterocycles. The zero-order valence-electron chi connectivity index (χ0n) is 13.5. The Morgan fingerprint density at radius 3 is 2.48 bits per heavy atom. The van der Waals surface area contributed by atoms with E-state index < -0.39 is 0 Å². The Hall–Kier alpha value is -0.0300. The molecular formula is C15H31Cl2N3O. The lowest BCUT2D eigenvalue weighted by molar-refractivity contribution is -0.133. The highest BCUT2D eigenvalue weighted by Crippen LogP contribution is 2.27. The average Bonchev–Trinajstić information content (AvgIpc) is 3.21. The van der Waals surface area contributed by atoms with Gasteiger partial charge in [-0.2, -0.15) is 0 Å². The largest absolute Gasteiger partial charge is 0.341 e. The summed E-state index contributed by atoms with van der Waals surface area (Å²) in [5.41, 5.74) is 0. The first-order chi connectivity index (χ1) is 9.11. The van der Waals surface area contributed by atoms with E-state index in [4.69, 9.17) is 0 Å². The molecule has 4 nitrogen and oxygen atoms in total. The number of amides is 1. The zero-order chi connectivity index (χ0) is 13.8. The lowest BCUT2D eigenvalue weighted by Crippen LogP contribution is -2.52. The molecule has 1 heterocycles. The Bertz CT molecular complexity index is 313. The molecule has 126 valence electrons. The van der Waals surface area contributed by atoms with Gasteiger partial charge in [0.15, 0.2) is 0 Å². The number of likely N-dealkylation sites (tertiary alicyclic amines) is 1. The van der Waals surface area contributed by atoms with Gasteiger partial charge in [0, 0.05) is 26.2 Å². The number of carbonyl (C=O) groups is 1. The maximum absolute atomic E-state index is 12.2. The second kappa shape index (κ2) is 9.88. The predicted molar refractivity (Wildman–Crippen MR) is 92.5 cm³/mol. The summed E-state index contributed by atoms with van der Waals surface area (Å²) >= 11 is 0. The van der Waals surface area contributed by atoms with Gasteiger partial charge >= 0.3 is 0 Å². The predicted octanol–water partition coefficient (Wildman–Crippen LogP) is 2.02. The minimum Gasteiger partial charge on any atom is -0.341 e. The lowest BCUT2D eigenvalue weighted by atomic mass is 9.92. The van der Waals surface area contributed by atoms with Crippen LogP contribution in [0, 0.1) is 11.8 Å². The van der Waals surface area contributed by atoms with Crippen molar-refractivity contribution in [1.82, 2.24) is 15.1 Å². The smallest absolute Gasteiger partial charge is 0.236 e. The molecule has 1 saturated carbocycles. The van der Waals surface area contributed by atoms with E-state index in [1.807, 2.05) is 11.9 Å². The first kappa shape index (κ1) is 21.0. The summed E-state index contributed by atoms with van der Waals surface area (Å²) in [5, 5.41) is 3.30. The molecule has 2 fully saturated rings. The number of hydrogen-bond donors (Lipinski definition) is 1. The van der Waals surface area contributed by atoms with Crippen LogP contribution < -0.4 is 5.32 Å². The fourth-order valence-corrected chi connectivity index (χ4v) is 3.10. The third-order valence-electron chi connectivity index (χ3n) is 4.69. The van der Waals surface area contributed by atoms with Crippen LogP contribution in [0.25, 0.3) is 0 Å². The SMILES string of the molecule is CCN1CCC(N(C)C(=O)CNCC2CC2)C(C)C1.Cl.Cl. The summed E-state index contributed by atoms with van der Waals surface area (Å²) in [7, 11) is 1.98. The Balaban J connectivity index is 0.00000200. The van der Waals surface area contributed by atoms with Crippen LogP contribution in [0.5, 0.6) is 0 Å². The van der Waals surface area contributed by atoms with E-state index in [0.717, 1.165) is 38.5 Å². The van der Waals surface area contributed by atoms with Crippen LogP contribution in [0.4, 0.5) is 0 Å². The molecule has 1 amide bonds. The fourth-order valence-electron chi connectivity index (χ4n) is 3.10. The highest BCUT2D eigenvalue weighted by molar-refractivity contribution is 5.85. The van der Waals surface area contributed by atoms with E-state index in [0.29, 0.717) is 18.5 Å². The van der Waals surface area contributed by atoms with Crippen molar-refractivity contribution in [3.8, 4) is 0 Å². The summed E-state index contributed by atoms with van der Waals surface area (Å²) in [6.07, 6.45) is 3.78. The number of nitrogens with zero attached hydrogens (tertiary/aromatic N) is 2. The Morgan fingerprint density at radius 2 is 1.95 bits per heavy atom. The average molecular weight is 340 g/mol. The van der Waals surface area contributed by atoms with Crippen LogP contribution in [0.3, 0.4) is 0 Å². The van der Waals surface area contributed by atoms with Gasteiger partial charge < -0.3 is 15.1 Å². The van der Waals surface area contributed by atoms with Gasteiger partial charge in [-0.25, -0.2) is 0 Å². The van der Waals surface area contributed by atoms with Gasteiger partial charge in [0.05, 0.1) is 6.54 Å². The molecule has 1 aliphatic carbocycles. The number of likely N-dealkylation sites (N-methyl/N-ethyl adjacent to an activating group) is 1. The van der Waals surface area contributed by atoms with Crippen molar-refractivity contribution in [3.63, 3.8) is 0 Å². The third kappa shape index (κ3) is 6.31. The van der Waals surface area contributed by atoms with Crippen molar-refractivity contribution < 1.29 is 4.79 Å². The molecule has 0 spiro atoms. The standard InChI is InChI=1S/C15H29N3O.2ClH/c1-4-18-8-7-14(12(2)11-18)17(3)15(19)10-16-9-13-5-6-13;;/h12-14,16H,4-11H2,1-3H3;2*1H. The van der Waals surface area contributed by atoms with Gasteiger partial charge in [-0.15, -0.1) is 24.8 Å². The van der Waals surface area contributed by atoms with Crippen molar-refractivity contribution in [2.24, 2.45) is 11.8 Å². The Morgan fingerprint density at radius 1 is 1.29 bits per heavy atom. The highest BCUT2D eigenvalue weighted by Gasteiger charge is 2.30. The van der Waals surface area contributed by atoms with Gasteiger partial charge in [-0.1, -0.05) is 13.8 Å². The van der Waals surface area contributed by atoms with Crippen molar-refractivity contribution in [2.45, 2.75) is 39.2 Å². The van der Waals surface area contributed by atoms with Crippen LogP contribution in [0.1, 0.15) is 33.1 Å². The van der Waals surface area contributed by atoms with Crippen molar-refractivity contribution in [2.75, 3.05) is 39.8 Å². The normalized spacial score (nSPS) is 25.7. The molecule has 2 rings (SSSR count). The molecule has 0 aromatic rings. The van der Waals surface area contributed by atoms with E-state index in [9.17, 15) is 4.79 Å². The van der Waals surface area contributed by atoms with Crippen LogP contribution in [-0.4, -0.2) is 61.5 Å². The lowest BCUT2D eigenvalue weighted by Gasteiger charge is -2.41. The van der Waals surface area contributed by atoms with Crippen molar-refractivity contribution >= 4 is 30.7 Å². The molecule has 0 aromatic carbocycles. The van der Waals surface area contributed by atoms with Crippen molar-refractivity contribution in [1.29, 1.82) is 0 Å². The van der Waals surface area contributed by atoms with E-state index in [-0.39, 0.29) is 30.7 Å². The van der Waals surface area contributed by atoms with Gasteiger partial charge in [0.2, 0.25) is 5.91 Å². The zero-order valence-corrected chi connectivity index (χ0v) is 15.1. The molecule has 0 bridgehead atoms. The van der Waals surface area contributed by atoms with Crippen LogP contribution in [0.15, 0.2) is 0 Å². The van der Waals surface area contributed by atoms with E-state index in [2.05, 4.69) is 24.1 Å². The van der Waals surface area contributed by atoms with Crippen LogP contribution in [0.2, 0.25) is 0 Å². The first-order valence-corrected chi connectivity index (χ1v) is 7.80. The Labute approximate surface area is 141 Å². The van der Waals surface area contributed by atoms with Gasteiger partial charge in [-0.3, -0.25) is 4.79 Å². The number of carbonyl (C=O) groups excluding carboxylic acids is 1. The maximum atomic E-state index is 12.2. The molecule has 0 aromatic heterocycles. The van der Waals surface area contributed by atoms with Gasteiger partial charge in [-0.05, 0) is 44.2 Å². The maximum Gasteiger partial charge on any atom is 0.236 e. The summed E-state index contributed by atoms with van der Waals surface area (Å²) in [5.74, 6) is 1.67. The molecule has 1 saturated heterocycles. The quantitative estimate of drug-likeness (QED) is 0.804. The van der Waals surface area contributed by atoms with E-state index in [1.54, 1.807) is 0 Å². The number of hydrogen-bond acceptors (Lipinski definition) is 3. The number of rotatable bonds is 6. The van der Waals surface area contributed by atoms with Crippen molar-refractivity contribution in [3.05, 3.63) is 0 Å². The van der Waals surface area contributed by atoms with Crippen LogP contribution >= 0.6 is 24.8 Å². The minimum atomic E-state index is 0. The molecule has 2 aliphatic rings. The third-order valence-corrected chi connectivity index (χ3v) is 4.69. The van der Waals surface area contributed by atoms with Gasteiger partial charge in [0.25, 0.3) is 0 Å². The minimum absolute atomic E-state index is 0. The molecular weight excluding hydrogens is 309 g/mol. The Kier molecular flexibility index (Phi) is 9.87. The number of nitrogens with one attached hydrogen (secondary N) is 1. The molecule has 2 unspecified atom stereocenters. The van der Waals surface area contributed by atoms with E-state index >= 15 is 0 Å². The molecule has 21 heavy (non-hydrogen) atoms. The summed E-state index contributed by atoms with van der Waals surface area (Å²) in [6.45, 7) is 9.37. The molecule has 1 N–H and O–H groups in total. The summed E-state index contributed by atoms with van der Waals surface area (Å²) < 4.78 is 0. The fraction of sp³-hybridized carbons (Fsp3) is 0.933. The van der Waals surface area contributed by atoms with Gasteiger partial charge in [0.1, 0.15) is 0 Å². The molecule has 0 radical (unpaired) electrons. The van der Waals surface area contributed by atoms with E-state index in [1.165, 1.54) is 12.8 Å². The summed E-state index contributed by atoms with van der Waals surface area (Å²) in [4.78, 5) is 16.7. The molecule has 2 atom stereocenters.